The summed E-state index contributed by atoms with van der Waals surface area (Å²) < 4.78 is 12.4. The van der Waals surface area contributed by atoms with Gasteiger partial charge in [-0.25, -0.2) is 0 Å². The second kappa shape index (κ2) is 18.0. The number of aromatic nitrogens is 1. The first kappa shape index (κ1) is 47.6. The second-order valence-electron chi connectivity index (χ2n) is 23.0. The monoisotopic (exact) mass is 768 g/mol. The number of pyridine rings is 1. The van der Waals surface area contributed by atoms with Gasteiger partial charge in [-0.1, -0.05) is 155 Å². The molecule has 2 aromatic carbocycles. The first-order valence-corrected chi connectivity index (χ1v) is 22.0. The minimum atomic E-state index is -0.0143. The van der Waals surface area contributed by atoms with Crippen molar-refractivity contribution in [1.29, 1.82) is 0 Å². The van der Waals surface area contributed by atoms with Gasteiger partial charge in [-0.3, -0.25) is 4.98 Å². The third-order valence-electron chi connectivity index (χ3n) is 12.9. The molecule has 3 heteroatoms. The Labute approximate surface area is 346 Å². The Morgan fingerprint density at radius 2 is 0.643 bits per heavy atom. The van der Waals surface area contributed by atoms with Crippen LogP contribution in [0.15, 0.2) is 66.7 Å². The zero-order chi connectivity index (χ0) is 42.4. The van der Waals surface area contributed by atoms with Crippen LogP contribution < -0.4 is 9.47 Å². The van der Waals surface area contributed by atoms with Crippen molar-refractivity contribution < 1.29 is 9.47 Å². The second-order valence-corrected chi connectivity index (χ2v) is 23.0. The smallest absolute Gasteiger partial charge is 0.119 e. The van der Waals surface area contributed by atoms with Crippen LogP contribution in [-0.4, -0.2) is 18.2 Å². The average Bonchev–Trinajstić information content (AvgIpc) is 3.02. The molecule has 0 aliphatic carbocycles. The van der Waals surface area contributed by atoms with Crippen LogP contribution in [0.2, 0.25) is 0 Å². The van der Waals surface area contributed by atoms with Crippen LogP contribution in [0.4, 0.5) is 0 Å². The highest BCUT2D eigenvalue weighted by Crippen LogP contribution is 2.63. The van der Waals surface area contributed by atoms with Gasteiger partial charge in [0, 0.05) is 22.2 Å². The summed E-state index contributed by atoms with van der Waals surface area (Å²) in [7, 11) is 0. The summed E-state index contributed by atoms with van der Waals surface area (Å²) in [6, 6.07) is 24.6. The lowest BCUT2D eigenvalue weighted by Crippen LogP contribution is -2.58. The Morgan fingerprint density at radius 3 is 0.911 bits per heavy atom. The van der Waals surface area contributed by atoms with Crippen molar-refractivity contribution in [2.24, 2.45) is 32.5 Å². The normalized spacial score (nSPS) is 13.9. The summed E-state index contributed by atoms with van der Waals surface area (Å²) >= 11 is 0. The van der Waals surface area contributed by atoms with Crippen molar-refractivity contribution >= 4 is 0 Å². The number of ether oxygens (including phenoxy) is 2. The largest absolute Gasteiger partial charge is 0.494 e. The molecular formula is C53H85NO2. The summed E-state index contributed by atoms with van der Waals surface area (Å²) in [5, 5.41) is 0. The van der Waals surface area contributed by atoms with Gasteiger partial charge in [-0.15, -0.1) is 0 Å². The fraction of sp³-hybridized carbons (Fsp3) is 0.679. The molecule has 0 aliphatic rings. The Kier molecular flexibility index (Phi) is 15.3. The maximum absolute atomic E-state index is 6.22. The van der Waals surface area contributed by atoms with Crippen molar-refractivity contribution in [1.82, 2.24) is 4.98 Å². The number of hydrogen-bond acceptors (Lipinski definition) is 3. The van der Waals surface area contributed by atoms with Gasteiger partial charge in [0.1, 0.15) is 11.5 Å². The molecule has 0 saturated carbocycles. The maximum atomic E-state index is 6.22. The number of unbranched alkanes of at least 4 members (excludes halogenated alkanes) is 4. The topological polar surface area (TPSA) is 31.4 Å². The molecule has 0 spiro atoms. The van der Waals surface area contributed by atoms with Gasteiger partial charge < -0.3 is 9.47 Å². The fourth-order valence-electron chi connectivity index (χ4n) is 13.3. The molecule has 0 amide bonds. The molecule has 3 nitrogen and oxygen atoms in total. The van der Waals surface area contributed by atoms with E-state index >= 15 is 0 Å². The van der Waals surface area contributed by atoms with Gasteiger partial charge in [-0.2, -0.15) is 0 Å². The van der Waals surface area contributed by atoms with Crippen LogP contribution in [0.3, 0.4) is 0 Å². The summed E-state index contributed by atoms with van der Waals surface area (Å²) in [5.74, 6) is 1.93. The van der Waals surface area contributed by atoms with E-state index < -0.39 is 0 Å². The van der Waals surface area contributed by atoms with Crippen molar-refractivity contribution in [3.63, 3.8) is 0 Å². The fourth-order valence-corrected chi connectivity index (χ4v) is 13.3. The molecule has 56 heavy (non-hydrogen) atoms. The van der Waals surface area contributed by atoms with E-state index in [4.69, 9.17) is 14.5 Å². The Bertz CT molecular complexity index is 1430. The van der Waals surface area contributed by atoms with Gasteiger partial charge in [0.25, 0.3) is 0 Å². The SMILES string of the molecule is CC(C)(C)C(c1ccc(OCCCCCc2cccc(CCCCCOc3ccc(C(C(C)(C)C)(C(C)(C)C)C(C)(C)C)cc3)n2)cc1)(C(C)(C)C)C(C)(C)C. The molecule has 0 fully saturated rings. The summed E-state index contributed by atoms with van der Waals surface area (Å²) in [4.78, 5) is 5.00. The van der Waals surface area contributed by atoms with E-state index in [2.05, 4.69) is 191 Å². The Morgan fingerprint density at radius 1 is 0.357 bits per heavy atom. The molecule has 3 aromatic rings. The zero-order valence-electron chi connectivity index (χ0n) is 39.7. The molecular weight excluding hydrogens is 683 g/mol. The van der Waals surface area contributed by atoms with E-state index in [0.717, 1.165) is 76.1 Å². The zero-order valence-corrected chi connectivity index (χ0v) is 39.7. The van der Waals surface area contributed by atoms with E-state index in [0.29, 0.717) is 0 Å². The summed E-state index contributed by atoms with van der Waals surface area (Å²) in [5.41, 5.74) is 5.71. The van der Waals surface area contributed by atoms with Crippen LogP contribution in [0.25, 0.3) is 0 Å². The lowest BCUT2D eigenvalue weighted by atomic mass is 9.42. The highest BCUT2D eigenvalue weighted by Gasteiger charge is 2.59. The number of rotatable bonds is 16. The predicted molar refractivity (Wildman–Crippen MR) is 243 cm³/mol. The average molecular weight is 768 g/mol. The van der Waals surface area contributed by atoms with Gasteiger partial charge in [0.15, 0.2) is 0 Å². The molecule has 314 valence electrons. The molecule has 0 unspecified atom stereocenters. The highest BCUT2D eigenvalue weighted by atomic mass is 16.5. The number of benzene rings is 2. The lowest BCUT2D eigenvalue weighted by Gasteiger charge is -2.61. The standard InChI is InChI=1S/C53H85NO2/c1-46(2,3)52(47(4,5)6,48(7,8)9)40-30-34-44(35-31-40)55-38-23-19-21-26-42-28-25-29-43(54-42)27-22-20-24-39-56-45-36-32-41(33-37-45)53(49(10,11)12,50(13,14)15)51(16,17)18/h25,28-37H,19-24,26-27,38-39H2,1-18H3. The predicted octanol–water partition coefficient (Wildman–Crippen LogP) is 15.4. The minimum absolute atomic E-state index is 0.0143. The third kappa shape index (κ3) is 10.4. The van der Waals surface area contributed by atoms with Crippen molar-refractivity contribution in [3.8, 4) is 11.5 Å². The number of aryl methyl sites for hydroxylation is 2. The van der Waals surface area contributed by atoms with E-state index in [1.807, 2.05) is 0 Å². The first-order chi connectivity index (χ1) is 25.6. The van der Waals surface area contributed by atoms with Gasteiger partial charge in [-0.05, 0) is 131 Å². The summed E-state index contributed by atoms with van der Waals surface area (Å²) in [6.45, 7) is 44.7. The van der Waals surface area contributed by atoms with Crippen molar-refractivity contribution in [2.45, 2.75) is 187 Å². The van der Waals surface area contributed by atoms with E-state index in [9.17, 15) is 0 Å². The van der Waals surface area contributed by atoms with Gasteiger partial charge >= 0.3 is 0 Å². The summed E-state index contributed by atoms with van der Waals surface area (Å²) in [6.07, 6.45) is 8.68. The Hall–Kier alpha value is -2.81. The molecule has 0 N–H and O–H groups in total. The van der Waals surface area contributed by atoms with Crippen molar-refractivity contribution in [3.05, 3.63) is 89.2 Å². The quantitative estimate of drug-likeness (QED) is 0.136. The molecule has 1 heterocycles. The van der Waals surface area contributed by atoms with E-state index in [1.165, 1.54) is 22.5 Å². The van der Waals surface area contributed by atoms with Crippen LogP contribution in [0, 0.1) is 32.5 Å². The molecule has 0 radical (unpaired) electrons. The Balaban J connectivity index is 1.41. The molecule has 3 rings (SSSR count). The minimum Gasteiger partial charge on any atom is -0.494 e. The van der Waals surface area contributed by atoms with Crippen LogP contribution in [-0.2, 0) is 23.7 Å². The molecule has 0 atom stereocenters. The number of nitrogens with zero attached hydrogens (tertiary/aromatic N) is 1. The first-order valence-electron chi connectivity index (χ1n) is 22.0. The maximum Gasteiger partial charge on any atom is 0.119 e. The highest BCUT2D eigenvalue weighted by molar-refractivity contribution is 5.39. The van der Waals surface area contributed by atoms with E-state index in [1.54, 1.807) is 0 Å². The van der Waals surface area contributed by atoms with Crippen LogP contribution in [0.5, 0.6) is 11.5 Å². The van der Waals surface area contributed by atoms with E-state index in [-0.39, 0.29) is 43.3 Å². The van der Waals surface area contributed by atoms with Gasteiger partial charge in [0.2, 0.25) is 0 Å². The molecule has 0 aliphatic heterocycles. The molecule has 0 bridgehead atoms. The third-order valence-corrected chi connectivity index (χ3v) is 12.9. The van der Waals surface area contributed by atoms with Crippen molar-refractivity contribution in [2.75, 3.05) is 13.2 Å². The molecule has 0 saturated heterocycles. The van der Waals surface area contributed by atoms with Crippen LogP contribution >= 0.6 is 0 Å². The molecule has 1 aromatic heterocycles. The van der Waals surface area contributed by atoms with Crippen LogP contribution in [0.1, 0.15) is 186 Å². The lowest BCUT2D eigenvalue weighted by molar-refractivity contribution is -0.0447. The number of hydrogen-bond donors (Lipinski definition) is 0. The van der Waals surface area contributed by atoms with Gasteiger partial charge in [0.05, 0.1) is 13.2 Å².